The molecule has 0 aliphatic heterocycles. The fourth-order valence-electron chi connectivity index (χ4n) is 4.29. The number of rotatable bonds is 4. The molecule has 0 amide bonds. The van der Waals surface area contributed by atoms with E-state index in [4.69, 9.17) is 6.42 Å². The van der Waals surface area contributed by atoms with Gasteiger partial charge in [-0.15, -0.1) is 18.3 Å². The van der Waals surface area contributed by atoms with Gasteiger partial charge in [-0.2, -0.15) is 0 Å². The predicted molar refractivity (Wildman–Crippen MR) is 198 cm³/mol. The summed E-state index contributed by atoms with van der Waals surface area (Å²) in [7, 11) is -2.81. The van der Waals surface area contributed by atoms with Crippen LogP contribution in [0.25, 0.3) is 0 Å². The zero-order valence-electron chi connectivity index (χ0n) is 26.4. The SMILES string of the molecule is C#Cc1ccccc1.C[Si](C)(CC#Cc1ccccc1)c1ccccc1.C[Si](C)(CC#Cc1ccccc1)c1ccccc1. The Kier molecular flexibility index (Phi) is 13.8. The van der Waals surface area contributed by atoms with E-state index in [-0.39, 0.29) is 0 Å². The summed E-state index contributed by atoms with van der Waals surface area (Å²) in [6.07, 6.45) is 5.10. The van der Waals surface area contributed by atoms with Crippen LogP contribution in [0.5, 0.6) is 0 Å². The molecule has 0 radical (unpaired) electrons. The fourth-order valence-corrected chi connectivity index (χ4v) is 7.95. The quantitative estimate of drug-likeness (QED) is 0.142. The van der Waals surface area contributed by atoms with Crippen molar-refractivity contribution in [2.24, 2.45) is 0 Å². The van der Waals surface area contributed by atoms with Crippen LogP contribution < -0.4 is 10.4 Å². The smallest absolute Gasteiger partial charge is 0.0927 e. The Hall–Kier alpha value is -4.79. The number of hydrogen-bond donors (Lipinski definition) is 0. The lowest BCUT2D eigenvalue weighted by Gasteiger charge is -2.19. The standard InChI is InChI=1S/2C17H18Si.C8H6/c2*1-18(2,17-13-7-4-8-14-17)15-9-12-16-10-5-3-6-11-16;1-2-8-6-4-3-5-7-8/h2*3-8,10-11,13-14H,15H2,1-2H3;1,3-7H. The Labute approximate surface area is 268 Å². The van der Waals surface area contributed by atoms with E-state index >= 15 is 0 Å². The van der Waals surface area contributed by atoms with Gasteiger partial charge in [-0.1, -0.05) is 170 Å². The normalized spacial score (nSPS) is 10.1. The third-order valence-corrected chi connectivity index (χ3v) is 13.0. The van der Waals surface area contributed by atoms with Gasteiger partial charge in [-0.05, 0) is 36.4 Å². The van der Waals surface area contributed by atoms with Crippen LogP contribution in [0.2, 0.25) is 38.3 Å². The van der Waals surface area contributed by atoms with Crippen molar-refractivity contribution in [3.8, 4) is 36.0 Å². The molecular weight excluding hydrogens is 561 g/mol. The van der Waals surface area contributed by atoms with E-state index in [2.05, 4.69) is 141 Å². The molecule has 0 saturated heterocycles. The molecule has 2 heteroatoms. The first-order chi connectivity index (χ1) is 21.3. The maximum Gasteiger partial charge on any atom is 0.0927 e. The van der Waals surface area contributed by atoms with Crippen LogP contribution in [0.3, 0.4) is 0 Å². The van der Waals surface area contributed by atoms with Gasteiger partial charge in [0.25, 0.3) is 0 Å². The highest BCUT2D eigenvalue weighted by molar-refractivity contribution is 6.90. The molecule has 0 unspecified atom stereocenters. The Morgan fingerprint density at radius 3 is 0.955 bits per heavy atom. The minimum atomic E-state index is -1.41. The van der Waals surface area contributed by atoms with Crippen LogP contribution in [0, 0.1) is 36.0 Å². The second-order valence-electron chi connectivity index (χ2n) is 11.7. The zero-order chi connectivity index (χ0) is 31.5. The molecule has 0 fully saturated rings. The van der Waals surface area contributed by atoms with Crippen LogP contribution in [0.1, 0.15) is 16.7 Å². The lowest BCUT2D eigenvalue weighted by atomic mass is 10.2. The first-order valence-electron chi connectivity index (χ1n) is 15.0. The van der Waals surface area contributed by atoms with Gasteiger partial charge < -0.3 is 0 Å². The van der Waals surface area contributed by atoms with E-state index in [1.807, 2.05) is 66.7 Å². The molecule has 5 aromatic carbocycles. The van der Waals surface area contributed by atoms with E-state index in [1.54, 1.807) is 0 Å². The zero-order valence-corrected chi connectivity index (χ0v) is 28.4. The topological polar surface area (TPSA) is 0 Å². The minimum Gasteiger partial charge on any atom is -0.115 e. The molecule has 0 aliphatic carbocycles. The third kappa shape index (κ3) is 12.2. The van der Waals surface area contributed by atoms with Crippen LogP contribution in [0.4, 0.5) is 0 Å². The van der Waals surface area contributed by atoms with Gasteiger partial charge in [0.05, 0.1) is 16.1 Å². The molecule has 0 aliphatic rings. The van der Waals surface area contributed by atoms with Gasteiger partial charge >= 0.3 is 0 Å². The highest BCUT2D eigenvalue weighted by Gasteiger charge is 2.22. The molecule has 44 heavy (non-hydrogen) atoms. The molecule has 0 bridgehead atoms. The molecule has 218 valence electrons. The molecule has 0 saturated carbocycles. The molecule has 0 aromatic heterocycles. The number of hydrogen-bond acceptors (Lipinski definition) is 0. The van der Waals surface area contributed by atoms with Gasteiger partial charge in [-0.3, -0.25) is 0 Å². The number of terminal acetylenes is 1. The molecular formula is C42H42Si2. The van der Waals surface area contributed by atoms with E-state index in [1.165, 1.54) is 10.4 Å². The van der Waals surface area contributed by atoms with Crippen molar-refractivity contribution < 1.29 is 0 Å². The first kappa shape index (κ1) is 33.7. The summed E-state index contributed by atoms with van der Waals surface area (Å²) in [4.78, 5) is 0. The summed E-state index contributed by atoms with van der Waals surface area (Å²) in [5, 5.41) is 2.96. The Bertz CT molecular complexity index is 1570. The predicted octanol–water partition coefficient (Wildman–Crippen LogP) is 8.98. The summed E-state index contributed by atoms with van der Waals surface area (Å²) in [5.74, 6) is 15.7. The molecule has 5 rings (SSSR count). The lowest BCUT2D eigenvalue weighted by molar-refractivity contribution is 1.57. The molecule has 0 atom stereocenters. The average molecular weight is 603 g/mol. The monoisotopic (exact) mass is 602 g/mol. The Morgan fingerprint density at radius 1 is 0.409 bits per heavy atom. The second kappa shape index (κ2) is 18.0. The van der Waals surface area contributed by atoms with Gasteiger partial charge in [0, 0.05) is 28.8 Å². The summed E-state index contributed by atoms with van der Waals surface area (Å²) in [5.41, 5.74) is 3.15. The van der Waals surface area contributed by atoms with Gasteiger partial charge in [0.1, 0.15) is 0 Å². The van der Waals surface area contributed by atoms with Gasteiger partial charge in [0.2, 0.25) is 0 Å². The first-order valence-corrected chi connectivity index (χ1v) is 21.4. The van der Waals surface area contributed by atoms with E-state index < -0.39 is 16.1 Å². The summed E-state index contributed by atoms with van der Waals surface area (Å²) < 4.78 is 0. The molecule has 0 N–H and O–H groups in total. The van der Waals surface area contributed by atoms with Gasteiger partial charge in [0.15, 0.2) is 0 Å². The van der Waals surface area contributed by atoms with Crippen molar-refractivity contribution in [1.82, 2.24) is 0 Å². The highest BCUT2D eigenvalue weighted by atomic mass is 28.3. The van der Waals surface area contributed by atoms with Crippen molar-refractivity contribution >= 4 is 26.5 Å². The fraction of sp³-hybridized carbons (Fsp3) is 0.143. The molecule has 0 heterocycles. The van der Waals surface area contributed by atoms with Crippen LogP contribution in [0.15, 0.2) is 152 Å². The summed E-state index contributed by atoms with van der Waals surface area (Å²) in [6.45, 7) is 9.51. The Balaban J connectivity index is 0.000000194. The van der Waals surface area contributed by atoms with Crippen LogP contribution in [-0.4, -0.2) is 16.1 Å². The molecule has 5 aromatic rings. The minimum absolute atomic E-state index is 0.938. The van der Waals surface area contributed by atoms with Crippen molar-refractivity contribution in [1.29, 1.82) is 0 Å². The second-order valence-corrected chi connectivity index (χ2v) is 21.1. The van der Waals surface area contributed by atoms with Crippen molar-refractivity contribution in [3.63, 3.8) is 0 Å². The van der Waals surface area contributed by atoms with E-state index in [0.29, 0.717) is 0 Å². The lowest BCUT2D eigenvalue weighted by Crippen LogP contribution is -2.40. The third-order valence-electron chi connectivity index (χ3n) is 7.12. The Morgan fingerprint density at radius 2 is 0.682 bits per heavy atom. The summed E-state index contributed by atoms with van der Waals surface area (Å²) >= 11 is 0. The van der Waals surface area contributed by atoms with E-state index in [9.17, 15) is 0 Å². The molecule has 0 spiro atoms. The largest absolute Gasteiger partial charge is 0.115 e. The van der Waals surface area contributed by atoms with Crippen molar-refractivity contribution in [2.75, 3.05) is 0 Å². The van der Waals surface area contributed by atoms with Crippen LogP contribution in [-0.2, 0) is 0 Å². The van der Waals surface area contributed by atoms with Crippen molar-refractivity contribution in [3.05, 3.63) is 168 Å². The maximum atomic E-state index is 5.10. The van der Waals surface area contributed by atoms with Crippen LogP contribution >= 0.6 is 0 Å². The maximum absolute atomic E-state index is 5.10. The molecule has 0 nitrogen and oxygen atoms in total. The van der Waals surface area contributed by atoms with E-state index in [0.717, 1.165) is 28.8 Å². The number of benzene rings is 5. The van der Waals surface area contributed by atoms with Crippen molar-refractivity contribution in [2.45, 2.75) is 38.3 Å². The average Bonchev–Trinajstić information content (AvgIpc) is 3.07. The highest BCUT2D eigenvalue weighted by Crippen LogP contribution is 2.10. The van der Waals surface area contributed by atoms with Gasteiger partial charge in [-0.25, -0.2) is 0 Å². The summed E-state index contributed by atoms with van der Waals surface area (Å²) in [6, 6.07) is 53.6.